The van der Waals surface area contributed by atoms with Crippen molar-refractivity contribution in [1.29, 1.82) is 0 Å². The minimum Gasteiger partial charge on any atom is -0.478 e. The average Bonchev–Trinajstić information content (AvgIpc) is 2.11. The molecule has 0 spiro atoms. The summed E-state index contributed by atoms with van der Waals surface area (Å²) in [6.07, 6.45) is 3.66. The van der Waals surface area contributed by atoms with Gasteiger partial charge in [0.2, 0.25) is 0 Å². The maximum atomic E-state index is 10.4. The quantitative estimate of drug-likeness (QED) is 0.506. The van der Waals surface area contributed by atoms with E-state index in [-0.39, 0.29) is 0 Å². The van der Waals surface area contributed by atoms with Gasteiger partial charge in [-0.2, -0.15) is 0 Å². The van der Waals surface area contributed by atoms with Crippen molar-refractivity contribution in [3.05, 3.63) is 11.6 Å². The highest BCUT2D eigenvalue weighted by molar-refractivity contribution is 5.85. The Morgan fingerprint density at radius 2 is 2.15 bits per heavy atom. The lowest BCUT2D eigenvalue weighted by molar-refractivity contribution is -0.132. The number of nitrogens with zero attached hydrogens (tertiary/aromatic N) is 1. The Balaban J connectivity index is 3.55. The smallest absolute Gasteiger partial charge is 0.330 e. The van der Waals surface area contributed by atoms with Crippen LogP contribution in [-0.4, -0.2) is 36.1 Å². The van der Waals surface area contributed by atoms with Crippen molar-refractivity contribution >= 4 is 5.97 Å². The van der Waals surface area contributed by atoms with Crippen LogP contribution in [0.3, 0.4) is 0 Å². The van der Waals surface area contributed by atoms with Crippen molar-refractivity contribution in [2.24, 2.45) is 0 Å². The van der Waals surface area contributed by atoms with Crippen molar-refractivity contribution < 1.29 is 9.90 Å². The summed E-state index contributed by atoms with van der Waals surface area (Å²) in [5.41, 5.74) is 0.444. The summed E-state index contributed by atoms with van der Waals surface area (Å²) < 4.78 is 0. The molecular formula is C10H19NO2. The molecule has 0 aliphatic rings. The van der Waals surface area contributed by atoms with Gasteiger partial charge in [0.1, 0.15) is 0 Å². The number of aliphatic carboxylic acids is 1. The van der Waals surface area contributed by atoms with Crippen molar-refractivity contribution in [3.63, 3.8) is 0 Å². The molecule has 0 aromatic rings. The predicted molar refractivity (Wildman–Crippen MR) is 53.8 cm³/mol. The standard InChI is InChI=1S/C10H19NO2/c1-4-11(3)8-6-5-7-9(2)10(12)13/h7H,4-6,8H2,1-3H3,(H,12,13). The van der Waals surface area contributed by atoms with Gasteiger partial charge in [-0.1, -0.05) is 13.0 Å². The first-order valence-electron chi connectivity index (χ1n) is 4.66. The number of carboxylic acids is 1. The SMILES string of the molecule is CCN(C)CCCC=C(C)C(=O)O. The first-order valence-corrected chi connectivity index (χ1v) is 4.66. The maximum Gasteiger partial charge on any atom is 0.330 e. The molecule has 0 aromatic carbocycles. The predicted octanol–water partition coefficient (Wildman–Crippen LogP) is 1.75. The molecule has 0 fully saturated rings. The van der Waals surface area contributed by atoms with E-state index in [4.69, 9.17) is 5.11 Å². The van der Waals surface area contributed by atoms with Crippen LogP contribution in [0.4, 0.5) is 0 Å². The first kappa shape index (κ1) is 12.2. The number of hydrogen-bond donors (Lipinski definition) is 1. The molecule has 1 N–H and O–H groups in total. The molecule has 3 nitrogen and oxygen atoms in total. The molecule has 0 aliphatic heterocycles. The molecule has 0 aromatic heterocycles. The van der Waals surface area contributed by atoms with Gasteiger partial charge in [-0.3, -0.25) is 0 Å². The molecule has 0 saturated carbocycles. The van der Waals surface area contributed by atoms with Crippen LogP contribution >= 0.6 is 0 Å². The molecule has 76 valence electrons. The van der Waals surface area contributed by atoms with Gasteiger partial charge in [0, 0.05) is 5.57 Å². The maximum absolute atomic E-state index is 10.4. The highest BCUT2D eigenvalue weighted by Crippen LogP contribution is 1.99. The first-order chi connectivity index (χ1) is 6.07. The number of carboxylic acid groups (broad SMARTS) is 1. The molecule has 0 saturated heterocycles. The number of carbonyl (C=O) groups is 1. The van der Waals surface area contributed by atoms with Crippen LogP contribution in [0.5, 0.6) is 0 Å². The van der Waals surface area contributed by atoms with Crippen LogP contribution in [0, 0.1) is 0 Å². The van der Waals surface area contributed by atoms with E-state index in [9.17, 15) is 4.79 Å². The Morgan fingerprint density at radius 3 is 2.62 bits per heavy atom. The Kier molecular flexibility index (Phi) is 6.24. The van der Waals surface area contributed by atoms with E-state index in [2.05, 4.69) is 18.9 Å². The van der Waals surface area contributed by atoms with Gasteiger partial charge in [0.25, 0.3) is 0 Å². The Bertz CT molecular complexity index is 187. The summed E-state index contributed by atoms with van der Waals surface area (Å²) in [5.74, 6) is -0.816. The van der Waals surface area contributed by atoms with Crippen LogP contribution in [0.1, 0.15) is 26.7 Å². The van der Waals surface area contributed by atoms with Crippen LogP contribution in [0.15, 0.2) is 11.6 Å². The van der Waals surface area contributed by atoms with Crippen LogP contribution in [0.25, 0.3) is 0 Å². The highest BCUT2D eigenvalue weighted by atomic mass is 16.4. The molecule has 3 heteroatoms. The van der Waals surface area contributed by atoms with E-state index in [1.165, 1.54) is 0 Å². The van der Waals surface area contributed by atoms with Crippen LogP contribution < -0.4 is 0 Å². The van der Waals surface area contributed by atoms with Gasteiger partial charge in [-0.15, -0.1) is 0 Å². The zero-order chi connectivity index (χ0) is 10.3. The normalized spacial score (nSPS) is 12.2. The molecular weight excluding hydrogens is 166 g/mol. The third-order valence-corrected chi connectivity index (χ3v) is 2.07. The lowest BCUT2D eigenvalue weighted by atomic mass is 10.2. The zero-order valence-corrected chi connectivity index (χ0v) is 8.71. The fourth-order valence-electron chi connectivity index (χ4n) is 0.925. The molecule has 0 rings (SSSR count). The largest absolute Gasteiger partial charge is 0.478 e. The topological polar surface area (TPSA) is 40.5 Å². The van der Waals surface area contributed by atoms with Gasteiger partial charge in [-0.25, -0.2) is 4.79 Å². The summed E-state index contributed by atoms with van der Waals surface area (Å²) in [4.78, 5) is 12.6. The van der Waals surface area contributed by atoms with Gasteiger partial charge in [-0.05, 0) is 39.9 Å². The minimum atomic E-state index is -0.816. The van der Waals surface area contributed by atoms with Gasteiger partial charge >= 0.3 is 5.97 Å². The summed E-state index contributed by atoms with van der Waals surface area (Å²) in [6, 6.07) is 0. The third-order valence-electron chi connectivity index (χ3n) is 2.07. The summed E-state index contributed by atoms with van der Waals surface area (Å²) in [5, 5.41) is 8.56. The molecule has 0 atom stereocenters. The fraction of sp³-hybridized carbons (Fsp3) is 0.700. The average molecular weight is 185 g/mol. The van der Waals surface area contributed by atoms with E-state index in [1.54, 1.807) is 13.0 Å². The molecule has 13 heavy (non-hydrogen) atoms. The van der Waals surface area contributed by atoms with E-state index in [0.717, 1.165) is 25.9 Å². The molecule has 0 heterocycles. The van der Waals surface area contributed by atoms with Crippen LogP contribution in [0.2, 0.25) is 0 Å². The molecule has 0 radical (unpaired) electrons. The number of allylic oxidation sites excluding steroid dienone is 1. The zero-order valence-electron chi connectivity index (χ0n) is 8.71. The Morgan fingerprint density at radius 1 is 1.54 bits per heavy atom. The lowest BCUT2D eigenvalue weighted by Crippen LogP contribution is -2.18. The van der Waals surface area contributed by atoms with Gasteiger partial charge in [0.15, 0.2) is 0 Å². The highest BCUT2D eigenvalue weighted by Gasteiger charge is 1.98. The van der Waals surface area contributed by atoms with Crippen molar-refractivity contribution in [2.45, 2.75) is 26.7 Å². The molecule has 0 bridgehead atoms. The number of rotatable bonds is 6. The van der Waals surface area contributed by atoms with Gasteiger partial charge < -0.3 is 10.0 Å². The number of hydrogen-bond acceptors (Lipinski definition) is 2. The second kappa shape index (κ2) is 6.66. The van der Waals surface area contributed by atoms with Gasteiger partial charge in [0.05, 0.1) is 0 Å². The van der Waals surface area contributed by atoms with Crippen molar-refractivity contribution in [2.75, 3.05) is 20.1 Å². The second-order valence-corrected chi connectivity index (χ2v) is 3.23. The van der Waals surface area contributed by atoms with E-state index in [0.29, 0.717) is 5.57 Å². The Labute approximate surface area is 80.0 Å². The van der Waals surface area contributed by atoms with E-state index >= 15 is 0 Å². The lowest BCUT2D eigenvalue weighted by Gasteiger charge is -2.11. The van der Waals surface area contributed by atoms with E-state index in [1.807, 2.05) is 0 Å². The third kappa shape index (κ3) is 6.34. The molecule has 0 amide bonds. The van der Waals surface area contributed by atoms with E-state index < -0.39 is 5.97 Å². The van der Waals surface area contributed by atoms with Crippen molar-refractivity contribution in [3.8, 4) is 0 Å². The molecule has 0 aliphatic carbocycles. The monoisotopic (exact) mass is 185 g/mol. The second-order valence-electron chi connectivity index (χ2n) is 3.23. The number of unbranched alkanes of at least 4 members (excludes halogenated alkanes) is 1. The van der Waals surface area contributed by atoms with Crippen molar-refractivity contribution in [1.82, 2.24) is 4.90 Å². The summed E-state index contributed by atoms with van der Waals surface area (Å²) in [7, 11) is 2.06. The van der Waals surface area contributed by atoms with Crippen LogP contribution in [-0.2, 0) is 4.79 Å². The Hall–Kier alpha value is -0.830. The fourth-order valence-corrected chi connectivity index (χ4v) is 0.925. The summed E-state index contributed by atoms with van der Waals surface area (Å²) in [6.45, 7) is 5.81. The summed E-state index contributed by atoms with van der Waals surface area (Å²) >= 11 is 0. The minimum absolute atomic E-state index is 0.444. The molecule has 0 unspecified atom stereocenters.